The zero-order chi connectivity index (χ0) is 15.6. The van der Waals surface area contributed by atoms with E-state index in [-0.39, 0.29) is 6.54 Å². The normalized spacial score (nSPS) is 20.7. The second-order valence-electron chi connectivity index (χ2n) is 5.28. The Kier molecular flexibility index (Phi) is 4.95. The van der Waals surface area contributed by atoms with Gasteiger partial charge in [-0.15, -0.1) is 4.28 Å². The summed E-state index contributed by atoms with van der Waals surface area (Å²) in [6, 6.07) is -0.958. The van der Waals surface area contributed by atoms with Crippen LogP contribution in [0.3, 0.4) is 0 Å². The fourth-order valence-corrected chi connectivity index (χ4v) is 1.99. The zero-order valence-electron chi connectivity index (χ0n) is 11.5. The number of nitrogens with one attached hydrogen (secondary N) is 1. The third-order valence-electron chi connectivity index (χ3n) is 2.27. The van der Waals surface area contributed by atoms with E-state index in [0.29, 0.717) is 17.9 Å². The number of ether oxygens (including phenoxy) is 1. The summed E-state index contributed by atoms with van der Waals surface area (Å²) in [5, 5.41) is 2.83. The highest BCUT2D eigenvalue weighted by atomic mass is 32.3. The summed E-state index contributed by atoms with van der Waals surface area (Å²) < 4.78 is 38.8. The molecule has 0 aromatic rings. The highest BCUT2D eigenvalue weighted by Gasteiger charge is 2.34. The Morgan fingerprint density at radius 1 is 1.45 bits per heavy atom. The summed E-state index contributed by atoms with van der Waals surface area (Å²) in [7, 11) is -4.78. The van der Waals surface area contributed by atoms with E-state index >= 15 is 0 Å². The van der Waals surface area contributed by atoms with Gasteiger partial charge in [0.2, 0.25) is 0 Å². The molecule has 0 radical (unpaired) electrons. The highest BCUT2D eigenvalue weighted by molar-refractivity contribution is 7.80. The van der Waals surface area contributed by atoms with Crippen LogP contribution < -0.4 is 5.32 Å². The number of nitrogens with zero attached hydrogens (tertiary/aromatic N) is 1. The molecule has 1 aliphatic heterocycles. The van der Waals surface area contributed by atoms with Crippen LogP contribution >= 0.6 is 0 Å². The Bertz CT molecular complexity index is 482. The van der Waals surface area contributed by atoms with Crippen molar-refractivity contribution >= 4 is 22.4 Å². The fourth-order valence-electron chi connectivity index (χ4n) is 1.62. The third kappa shape index (κ3) is 5.72. The lowest BCUT2D eigenvalue weighted by molar-refractivity contribution is -0.164. The first-order chi connectivity index (χ1) is 8.98. The van der Waals surface area contributed by atoms with Crippen molar-refractivity contribution in [2.45, 2.75) is 45.3 Å². The highest BCUT2D eigenvalue weighted by Crippen LogP contribution is 2.14. The number of amides is 2. The molecule has 2 amide bonds. The van der Waals surface area contributed by atoms with Gasteiger partial charge in [-0.2, -0.15) is 8.42 Å². The third-order valence-corrected chi connectivity index (χ3v) is 2.64. The molecule has 1 unspecified atom stereocenters. The van der Waals surface area contributed by atoms with Gasteiger partial charge in [-0.25, -0.2) is 9.86 Å². The van der Waals surface area contributed by atoms with E-state index in [1.165, 1.54) is 0 Å². The molecule has 0 aromatic heterocycles. The Labute approximate surface area is 117 Å². The minimum Gasteiger partial charge on any atom is -0.444 e. The van der Waals surface area contributed by atoms with Gasteiger partial charge in [0.1, 0.15) is 11.6 Å². The molecule has 1 fully saturated rings. The predicted octanol–water partition coefficient (Wildman–Crippen LogP) is 0.236. The van der Waals surface area contributed by atoms with Crippen LogP contribution in [0.15, 0.2) is 0 Å². The summed E-state index contributed by atoms with van der Waals surface area (Å²) in [5.41, 5.74) is -0.716. The second kappa shape index (κ2) is 5.94. The van der Waals surface area contributed by atoms with Crippen molar-refractivity contribution in [2.24, 2.45) is 0 Å². The molecule has 116 valence electrons. The van der Waals surface area contributed by atoms with E-state index in [4.69, 9.17) is 9.29 Å². The molecule has 1 heterocycles. The Balaban J connectivity index is 2.63. The minimum atomic E-state index is -4.78. The van der Waals surface area contributed by atoms with Gasteiger partial charge in [-0.05, 0) is 33.6 Å². The zero-order valence-corrected chi connectivity index (χ0v) is 12.3. The largest absolute Gasteiger partial charge is 0.444 e. The van der Waals surface area contributed by atoms with Crippen molar-refractivity contribution in [3.63, 3.8) is 0 Å². The predicted molar refractivity (Wildman–Crippen MR) is 66.7 cm³/mol. The molecular weight excluding hydrogens is 292 g/mol. The average molecular weight is 310 g/mol. The van der Waals surface area contributed by atoms with E-state index in [2.05, 4.69) is 9.60 Å². The van der Waals surface area contributed by atoms with E-state index in [0.717, 1.165) is 0 Å². The smallest absolute Gasteiger partial charge is 0.418 e. The Morgan fingerprint density at radius 3 is 2.55 bits per heavy atom. The van der Waals surface area contributed by atoms with E-state index in [1.807, 2.05) is 0 Å². The van der Waals surface area contributed by atoms with Gasteiger partial charge in [0.25, 0.3) is 5.91 Å². The van der Waals surface area contributed by atoms with Crippen molar-refractivity contribution in [3.8, 4) is 0 Å². The molecule has 0 aromatic carbocycles. The van der Waals surface area contributed by atoms with Crippen LogP contribution in [0.2, 0.25) is 0 Å². The maximum Gasteiger partial charge on any atom is 0.418 e. The van der Waals surface area contributed by atoms with Gasteiger partial charge >= 0.3 is 16.5 Å². The lowest BCUT2D eigenvalue weighted by Crippen LogP contribution is -2.53. The molecular formula is C10H18N2O7S. The SMILES string of the molecule is CC(C)(C)OC(=O)NC1CCCN(OS(=O)(=O)O)C1=O. The maximum absolute atomic E-state index is 11.9. The average Bonchev–Trinajstić information content (AvgIpc) is 2.19. The number of piperidine rings is 1. The van der Waals surface area contributed by atoms with Gasteiger partial charge in [0, 0.05) is 0 Å². The lowest BCUT2D eigenvalue weighted by Gasteiger charge is -2.30. The van der Waals surface area contributed by atoms with Crippen molar-refractivity contribution < 1.29 is 31.6 Å². The van der Waals surface area contributed by atoms with Crippen molar-refractivity contribution in [1.82, 2.24) is 10.4 Å². The van der Waals surface area contributed by atoms with E-state index < -0.39 is 34.0 Å². The van der Waals surface area contributed by atoms with Crippen molar-refractivity contribution in [2.75, 3.05) is 6.54 Å². The number of hydroxylamine groups is 2. The number of alkyl carbamates (subject to hydrolysis) is 1. The van der Waals surface area contributed by atoms with Crippen LogP contribution in [0.1, 0.15) is 33.6 Å². The molecule has 20 heavy (non-hydrogen) atoms. The fraction of sp³-hybridized carbons (Fsp3) is 0.800. The summed E-state index contributed by atoms with van der Waals surface area (Å²) in [4.78, 5) is 23.4. The Hall–Kier alpha value is -1.39. The van der Waals surface area contributed by atoms with Gasteiger partial charge in [0.05, 0.1) is 6.54 Å². The van der Waals surface area contributed by atoms with Crippen LogP contribution in [0.5, 0.6) is 0 Å². The summed E-state index contributed by atoms with van der Waals surface area (Å²) in [6.07, 6.45) is -0.0601. The quantitative estimate of drug-likeness (QED) is 0.716. The molecule has 0 aliphatic carbocycles. The van der Waals surface area contributed by atoms with Crippen LogP contribution in [0.4, 0.5) is 4.79 Å². The number of hydrogen-bond acceptors (Lipinski definition) is 6. The van der Waals surface area contributed by atoms with Crippen molar-refractivity contribution in [1.29, 1.82) is 0 Å². The van der Waals surface area contributed by atoms with E-state index in [9.17, 15) is 18.0 Å². The number of carbonyl (C=O) groups excluding carboxylic acids is 2. The van der Waals surface area contributed by atoms with Gasteiger partial charge in [0.15, 0.2) is 0 Å². The molecule has 1 atom stereocenters. The number of hydrogen-bond donors (Lipinski definition) is 2. The van der Waals surface area contributed by atoms with Crippen molar-refractivity contribution in [3.05, 3.63) is 0 Å². The van der Waals surface area contributed by atoms with Crippen LogP contribution in [0, 0.1) is 0 Å². The van der Waals surface area contributed by atoms with Gasteiger partial charge < -0.3 is 10.1 Å². The Morgan fingerprint density at radius 2 is 2.05 bits per heavy atom. The first kappa shape index (κ1) is 16.7. The molecule has 0 bridgehead atoms. The molecule has 0 saturated carbocycles. The molecule has 10 heteroatoms. The first-order valence-corrected chi connectivity index (χ1v) is 7.32. The summed E-state index contributed by atoms with van der Waals surface area (Å²) in [5.74, 6) is -0.764. The topological polar surface area (TPSA) is 122 Å². The molecule has 1 saturated heterocycles. The lowest BCUT2D eigenvalue weighted by atomic mass is 10.1. The summed E-state index contributed by atoms with van der Waals surface area (Å²) >= 11 is 0. The maximum atomic E-state index is 11.9. The van der Waals surface area contributed by atoms with Crippen LogP contribution in [-0.4, -0.2) is 48.2 Å². The van der Waals surface area contributed by atoms with E-state index in [1.54, 1.807) is 20.8 Å². The number of carbonyl (C=O) groups is 2. The first-order valence-electron chi connectivity index (χ1n) is 5.96. The molecule has 1 aliphatic rings. The van der Waals surface area contributed by atoms with Gasteiger partial charge in [-0.1, -0.05) is 0 Å². The van der Waals surface area contributed by atoms with Gasteiger partial charge in [-0.3, -0.25) is 9.35 Å². The van der Waals surface area contributed by atoms with Crippen LogP contribution in [0.25, 0.3) is 0 Å². The standard InChI is InChI=1S/C10H18N2O7S/c1-10(2,3)18-9(14)11-7-5-4-6-12(8(7)13)19-20(15,16)17/h7H,4-6H2,1-3H3,(H,11,14)(H,15,16,17). The molecule has 0 spiro atoms. The second-order valence-corrected chi connectivity index (χ2v) is 6.29. The molecule has 2 N–H and O–H groups in total. The molecule has 9 nitrogen and oxygen atoms in total. The monoisotopic (exact) mass is 310 g/mol. The minimum absolute atomic E-state index is 0.00508. The number of rotatable bonds is 3. The molecule has 1 rings (SSSR count). The summed E-state index contributed by atoms with van der Waals surface area (Å²) in [6.45, 7) is 5.01. The van der Waals surface area contributed by atoms with Crippen LogP contribution in [-0.2, 0) is 24.2 Å².